The Balaban J connectivity index is 4.61. The minimum Gasteiger partial charge on any atom is -0.481 e. The van der Waals surface area contributed by atoms with E-state index in [2.05, 4.69) is 4.74 Å². The molecule has 0 spiro atoms. The zero-order valence-corrected chi connectivity index (χ0v) is 7.85. The van der Waals surface area contributed by atoms with E-state index in [1.807, 2.05) is 0 Å². The van der Waals surface area contributed by atoms with Crippen molar-refractivity contribution in [2.45, 2.75) is 20.0 Å². The second kappa shape index (κ2) is 4.81. The number of hydrogen-bond donors (Lipinski definition) is 2. The molecule has 0 saturated carbocycles. The molecule has 0 saturated heterocycles. The Morgan fingerprint density at radius 3 is 2.00 bits per heavy atom. The zero-order chi connectivity index (χ0) is 10.6. The van der Waals surface area contributed by atoms with Gasteiger partial charge in [0.25, 0.3) is 0 Å². The molecule has 0 aliphatic rings. The SMILES string of the molecule is COC(=O)C(C(=O)O)C(C)C(C)O. The molecule has 0 bridgehead atoms. The molecule has 3 unspecified atom stereocenters. The molecule has 0 fully saturated rings. The molecular formula is C8H14O5. The molecule has 13 heavy (non-hydrogen) atoms. The number of hydrogen-bond acceptors (Lipinski definition) is 4. The van der Waals surface area contributed by atoms with Crippen molar-refractivity contribution < 1.29 is 24.5 Å². The smallest absolute Gasteiger partial charge is 0.320 e. The number of carboxylic acids is 1. The quantitative estimate of drug-likeness (QED) is 0.477. The lowest BCUT2D eigenvalue weighted by Crippen LogP contribution is -2.35. The van der Waals surface area contributed by atoms with Crippen molar-refractivity contribution in [3.8, 4) is 0 Å². The Labute approximate surface area is 76.3 Å². The van der Waals surface area contributed by atoms with Crippen LogP contribution in [-0.2, 0) is 14.3 Å². The number of ether oxygens (including phenoxy) is 1. The fraction of sp³-hybridized carbons (Fsp3) is 0.750. The molecule has 0 aliphatic carbocycles. The average molecular weight is 190 g/mol. The lowest BCUT2D eigenvalue weighted by Gasteiger charge is -2.19. The van der Waals surface area contributed by atoms with Gasteiger partial charge in [-0.15, -0.1) is 0 Å². The van der Waals surface area contributed by atoms with Gasteiger partial charge in [0, 0.05) is 5.92 Å². The van der Waals surface area contributed by atoms with Gasteiger partial charge in [-0.25, -0.2) is 0 Å². The number of aliphatic carboxylic acids is 1. The lowest BCUT2D eigenvalue weighted by atomic mass is 9.90. The molecule has 0 aromatic heterocycles. The number of methoxy groups -OCH3 is 1. The minimum absolute atomic E-state index is 0.662. The van der Waals surface area contributed by atoms with Crippen LogP contribution in [0.25, 0.3) is 0 Å². The summed E-state index contributed by atoms with van der Waals surface area (Å²) in [6, 6.07) is 0. The maximum absolute atomic E-state index is 11.0. The largest absolute Gasteiger partial charge is 0.481 e. The van der Waals surface area contributed by atoms with Crippen molar-refractivity contribution >= 4 is 11.9 Å². The van der Waals surface area contributed by atoms with Gasteiger partial charge in [-0.2, -0.15) is 0 Å². The highest BCUT2D eigenvalue weighted by atomic mass is 16.5. The molecule has 76 valence electrons. The highest BCUT2D eigenvalue weighted by Gasteiger charge is 2.35. The maximum Gasteiger partial charge on any atom is 0.320 e. The van der Waals surface area contributed by atoms with E-state index in [9.17, 15) is 9.59 Å². The number of carbonyl (C=O) groups excluding carboxylic acids is 1. The van der Waals surface area contributed by atoms with Crippen molar-refractivity contribution in [1.29, 1.82) is 0 Å². The van der Waals surface area contributed by atoms with Crippen LogP contribution in [0, 0.1) is 11.8 Å². The van der Waals surface area contributed by atoms with Gasteiger partial charge in [0.15, 0.2) is 5.92 Å². The first-order valence-electron chi connectivity index (χ1n) is 3.90. The first-order valence-corrected chi connectivity index (χ1v) is 3.90. The maximum atomic E-state index is 11.0. The Morgan fingerprint density at radius 1 is 1.31 bits per heavy atom. The van der Waals surface area contributed by atoms with Crippen LogP contribution in [-0.4, -0.2) is 35.4 Å². The fourth-order valence-corrected chi connectivity index (χ4v) is 0.946. The minimum atomic E-state index is -1.30. The van der Waals surface area contributed by atoms with Crippen LogP contribution in [0.2, 0.25) is 0 Å². The molecule has 0 rings (SSSR count). The van der Waals surface area contributed by atoms with E-state index in [1.165, 1.54) is 13.8 Å². The summed E-state index contributed by atoms with van der Waals surface area (Å²) in [6.45, 7) is 2.92. The molecule has 0 aromatic rings. The number of esters is 1. The molecule has 0 amide bonds. The molecule has 0 aliphatic heterocycles. The summed E-state index contributed by atoms with van der Waals surface area (Å²) in [7, 11) is 1.12. The van der Waals surface area contributed by atoms with Crippen LogP contribution in [0.5, 0.6) is 0 Å². The molecule has 0 radical (unpaired) electrons. The van der Waals surface area contributed by atoms with Crippen LogP contribution in [0.4, 0.5) is 0 Å². The second-order valence-electron chi connectivity index (χ2n) is 2.94. The van der Waals surface area contributed by atoms with E-state index in [4.69, 9.17) is 10.2 Å². The Hall–Kier alpha value is -1.10. The summed E-state index contributed by atoms with van der Waals surface area (Å²) in [5.74, 6) is -4.07. The number of carbonyl (C=O) groups is 2. The number of rotatable bonds is 4. The van der Waals surface area contributed by atoms with Gasteiger partial charge < -0.3 is 14.9 Å². The van der Waals surface area contributed by atoms with Gasteiger partial charge in [-0.1, -0.05) is 6.92 Å². The third kappa shape index (κ3) is 3.02. The normalized spacial score (nSPS) is 17.2. The highest BCUT2D eigenvalue weighted by molar-refractivity contribution is 5.94. The van der Waals surface area contributed by atoms with E-state index in [0.29, 0.717) is 0 Å². The van der Waals surface area contributed by atoms with Gasteiger partial charge in [-0.05, 0) is 6.92 Å². The molecular weight excluding hydrogens is 176 g/mol. The first-order chi connectivity index (χ1) is 5.91. The van der Waals surface area contributed by atoms with Gasteiger partial charge >= 0.3 is 11.9 Å². The molecule has 3 atom stereocenters. The van der Waals surface area contributed by atoms with Crippen molar-refractivity contribution in [3.63, 3.8) is 0 Å². The van der Waals surface area contributed by atoms with E-state index < -0.39 is 29.9 Å². The summed E-state index contributed by atoms with van der Waals surface area (Å²) < 4.78 is 4.31. The number of carboxylic acid groups (broad SMARTS) is 1. The molecule has 2 N–H and O–H groups in total. The van der Waals surface area contributed by atoms with Crippen LogP contribution in [0.15, 0.2) is 0 Å². The van der Waals surface area contributed by atoms with Gasteiger partial charge in [0.1, 0.15) is 0 Å². The zero-order valence-electron chi connectivity index (χ0n) is 7.85. The van der Waals surface area contributed by atoms with Crippen molar-refractivity contribution in [2.24, 2.45) is 11.8 Å². The summed E-state index contributed by atoms with van der Waals surface area (Å²) in [6.07, 6.45) is -0.861. The lowest BCUT2D eigenvalue weighted by molar-refractivity contribution is -0.161. The van der Waals surface area contributed by atoms with E-state index in [0.717, 1.165) is 7.11 Å². The monoisotopic (exact) mass is 190 g/mol. The average Bonchev–Trinajstić information content (AvgIpc) is 2.03. The van der Waals surface area contributed by atoms with Crippen LogP contribution in [0.3, 0.4) is 0 Å². The summed E-state index contributed by atoms with van der Waals surface area (Å²) in [4.78, 5) is 21.6. The Kier molecular flexibility index (Phi) is 4.40. The topological polar surface area (TPSA) is 83.8 Å². The van der Waals surface area contributed by atoms with Gasteiger partial charge in [-0.3, -0.25) is 9.59 Å². The highest BCUT2D eigenvalue weighted by Crippen LogP contribution is 2.17. The van der Waals surface area contributed by atoms with E-state index in [1.54, 1.807) is 0 Å². The molecule has 0 aromatic carbocycles. The van der Waals surface area contributed by atoms with Crippen molar-refractivity contribution in [3.05, 3.63) is 0 Å². The number of aliphatic hydroxyl groups is 1. The Bertz CT molecular complexity index is 199. The number of aliphatic hydroxyl groups excluding tert-OH is 1. The first kappa shape index (κ1) is 11.9. The predicted molar refractivity (Wildman–Crippen MR) is 44.0 cm³/mol. The van der Waals surface area contributed by atoms with Crippen LogP contribution in [0.1, 0.15) is 13.8 Å². The predicted octanol–water partition coefficient (Wildman–Crippen LogP) is -0.123. The van der Waals surface area contributed by atoms with E-state index in [-0.39, 0.29) is 0 Å². The van der Waals surface area contributed by atoms with Gasteiger partial charge in [0.2, 0.25) is 0 Å². The summed E-state index contributed by atoms with van der Waals surface area (Å²) in [5.41, 5.74) is 0. The standard InChI is InChI=1S/C8H14O5/c1-4(5(2)9)6(7(10)11)8(12)13-3/h4-6,9H,1-3H3,(H,10,11). The van der Waals surface area contributed by atoms with Gasteiger partial charge in [0.05, 0.1) is 13.2 Å². The van der Waals surface area contributed by atoms with Crippen molar-refractivity contribution in [1.82, 2.24) is 0 Å². The molecule has 0 heterocycles. The third-order valence-corrected chi connectivity index (χ3v) is 2.01. The third-order valence-electron chi connectivity index (χ3n) is 2.01. The fourth-order valence-electron chi connectivity index (χ4n) is 0.946. The molecule has 5 nitrogen and oxygen atoms in total. The summed E-state index contributed by atoms with van der Waals surface area (Å²) >= 11 is 0. The Morgan fingerprint density at radius 2 is 1.77 bits per heavy atom. The molecule has 5 heteroatoms. The second-order valence-corrected chi connectivity index (χ2v) is 2.94. The van der Waals surface area contributed by atoms with E-state index >= 15 is 0 Å². The van der Waals surface area contributed by atoms with Crippen LogP contribution >= 0.6 is 0 Å². The van der Waals surface area contributed by atoms with Crippen molar-refractivity contribution in [2.75, 3.05) is 7.11 Å². The van der Waals surface area contributed by atoms with Crippen LogP contribution < -0.4 is 0 Å². The summed E-state index contributed by atoms with van der Waals surface area (Å²) in [5, 5.41) is 17.8.